The van der Waals surface area contributed by atoms with Crippen LogP contribution in [0.5, 0.6) is 0 Å². The molecule has 0 unspecified atom stereocenters. The standard InChI is InChI=1S/C16H18N4OS/c1-9-10(2)21-13(20-9)7-17-15-14-11-5-3-4-6-12(11)22-16(14)19-8-18-15/h8H,3-7H2,1-2H3,(H,17,18,19). The summed E-state index contributed by atoms with van der Waals surface area (Å²) in [5.74, 6) is 2.47. The molecule has 0 aliphatic heterocycles. The zero-order chi connectivity index (χ0) is 15.1. The molecule has 3 aromatic rings. The third kappa shape index (κ3) is 2.27. The van der Waals surface area contributed by atoms with Gasteiger partial charge in [-0.2, -0.15) is 0 Å². The molecule has 0 bridgehead atoms. The first kappa shape index (κ1) is 13.7. The van der Waals surface area contributed by atoms with Gasteiger partial charge in [0.15, 0.2) is 0 Å². The second-order valence-corrected chi connectivity index (χ2v) is 6.80. The summed E-state index contributed by atoms with van der Waals surface area (Å²) in [4.78, 5) is 15.9. The summed E-state index contributed by atoms with van der Waals surface area (Å²) in [7, 11) is 0. The molecule has 6 heteroatoms. The molecule has 0 fully saturated rings. The van der Waals surface area contributed by atoms with Crippen molar-refractivity contribution in [1.29, 1.82) is 0 Å². The molecule has 1 N–H and O–H groups in total. The van der Waals surface area contributed by atoms with Gasteiger partial charge in [0.2, 0.25) is 5.89 Å². The minimum Gasteiger partial charge on any atom is -0.444 e. The van der Waals surface area contributed by atoms with Crippen LogP contribution in [0.25, 0.3) is 10.2 Å². The Bertz CT molecular complexity index is 817. The van der Waals surface area contributed by atoms with Crippen LogP contribution in [-0.4, -0.2) is 15.0 Å². The first-order chi connectivity index (χ1) is 10.7. The van der Waals surface area contributed by atoms with Crippen LogP contribution >= 0.6 is 11.3 Å². The van der Waals surface area contributed by atoms with E-state index in [1.807, 2.05) is 25.2 Å². The molecule has 4 rings (SSSR count). The van der Waals surface area contributed by atoms with Gasteiger partial charge in [-0.1, -0.05) is 0 Å². The summed E-state index contributed by atoms with van der Waals surface area (Å²) in [6.45, 7) is 4.44. The van der Waals surface area contributed by atoms with Crippen molar-refractivity contribution in [3.8, 4) is 0 Å². The fraction of sp³-hybridized carbons (Fsp3) is 0.438. The highest BCUT2D eigenvalue weighted by Gasteiger charge is 2.20. The van der Waals surface area contributed by atoms with E-state index in [0.29, 0.717) is 12.4 Å². The number of anilines is 1. The van der Waals surface area contributed by atoms with Crippen molar-refractivity contribution < 1.29 is 4.42 Å². The molecule has 0 saturated heterocycles. The fourth-order valence-corrected chi connectivity index (χ4v) is 4.23. The number of nitrogens with zero attached hydrogens (tertiary/aromatic N) is 3. The lowest BCUT2D eigenvalue weighted by Crippen LogP contribution is -2.04. The molecule has 0 atom stereocenters. The number of thiophene rings is 1. The first-order valence-electron chi connectivity index (χ1n) is 7.64. The Morgan fingerprint density at radius 1 is 1.23 bits per heavy atom. The Morgan fingerprint density at radius 2 is 2.09 bits per heavy atom. The van der Waals surface area contributed by atoms with Crippen molar-refractivity contribution in [3.63, 3.8) is 0 Å². The van der Waals surface area contributed by atoms with E-state index in [2.05, 4.69) is 20.3 Å². The molecule has 1 aliphatic carbocycles. The first-order valence-corrected chi connectivity index (χ1v) is 8.46. The fourth-order valence-electron chi connectivity index (χ4n) is 3.00. The molecule has 114 valence electrons. The largest absolute Gasteiger partial charge is 0.444 e. The number of fused-ring (bicyclic) bond motifs is 3. The van der Waals surface area contributed by atoms with Gasteiger partial charge in [-0.3, -0.25) is 0 Å². The molecule has 0 radical (unpaired) electrons. The van der Waals surface area contributed by atoms with E-state index < -0.39 is 0 Å². The van der Waals surface area contributed by atoms with Crippen molar-refractivity contribution in [1.82, 2.24) is 15.0 Å². The van der Waals surface area contributed by atoms with Crippen LogP contribution in [0.1, 0.15) is 40.6 Å². The Hall–Kier alpha value is -1.95. The van der Waals surface area contributed by atoms with E-state index in [1.165, 1.54) is 35.1 Å². The van der Waals surface area contributed by atoms with E-state index in [-0.39, 0.29) is 0 Å². The molecule has 3 heterocycles. The zero-order valence-electron chi connectivity index (χ0n) is 12.8. The van der Waals surface area contributed by atoms with Crippen LogP contribution in [0.15, 0.2) is 10.7 Å². The highest BCUT2D eigenvalue weighted by Crippen LogP contribution is 2.38. The number of hydrogen-bond acceptors (Lipinski definition) is 6. The Kier molecular flexibility index (Phi) is 3.33. The van der Waals surface area contributed by atoms with Crippen molar-refractivity contribution in [2.75, 3.05) is 5.32 Å². The molecule has 22 heavy (non-hydrogen) atoms. The lowest BCUT2D eigenvalue weighted by Gasteiger charge is -2.11. The van der Waals surface area contributed by atoms with Crippen molar-refractivity contribution >= 4 is 27.4 Å². The predicted octanol–water partition coefficient (Wildman–Crippen LogP) is 3.79. The molecule has 0 spiro atoms. The van der Waals surface area contributed by atoms with Crippen LogP contribution in [-0.2, 0) is 19.4 Å². The number of rotatable bonds is 3. The smallest absolute Gasteiger partial charge is 0.213 e. The van der Waals surface area contributed by atoms with Gasteiger partial charge >= 0.3 is 0 Å². The third-order valence-electron chi connectivity index (χ3n) is 4.23. The van der Waals surface area contributed by atoms with Crippen molar-refractivity contribution in [3.05, 3.63) is 34.1 Å². The summed E-state index contributed by atoms with van der Waals surface area (Å²) in [5.41, 5.74) is 2.38. The van der Waals surface area contributed by atoms with Gasteiger partial charge in [-0.15, -0.1) is 11.3 Å². The van der Waals surface area contributed by atoms with Crippen LogP contribution in [0.3, 0.4) is 0 Å². The number of hydrogen-bond donors (Lipinski definition) is 1. The molecular formula is C16H18N4OS. The van der Waals surface area contributed by atoms with Gasteiger partial charge in [0.1, 0.15) is 22.7 Å². The Labute approximate surface area is 132 Å². The van der Waals surface area contributed by atoms with E-state index in [0.717, 1.165) is 28.5 Å². The van der Waals surface area contributed by atoms with Crippen LogP contribution < -0.4 is 5.32 Å². The highest BCUT2D eigenvalue weighted by molar-refractivity contribution is 7.19. The quantitative estimate of drug-likeness (QED) is 0.797. The second-order valence-electron chi connectivity index (χ2n) is 5.72. The maximum absolute atomic E-state index is 5.63. The normalized spacial score (nSPS) is 14.3. The SMILES string of the molecule is Cc1nc(CNc2ncnc3sc4c(c23)CCCC4)oc1C. The molecular weight excluding hydrogens is 296 g/mol. The molecule has 5 nitrogen and oxygen atoms in total. The number of nitrogens with one attached hydrogen (secondary N) is 1. The molecule has 0 amide bonds. The Morgan fingerprint density at radius 3 is 2.91 bits per heavy atom. The summed E-state index contributed by atoms with van der Waals surface area (Å²) >= 11 is 1.81. The van der Waals surface area contributed by atoms with E-state index in [4.69, 9.17) is 4.42 Å². The summed E-state index contributed by atoms with van der Waals surface area (Å²) in [6.07, 6.45) is 6.48. The van der Waals surface area contributed by atoms with Gasteiger partial charge in [0.25, 0.3) is 0 Å². The van der Waals surface area contributed by atoms with E-state index in [1.54, 1.807) is 6.33 Å². The summed E-state index contributed by atoms with van der Waals surface area (Å²) in [5, 5.41) is 4.58. The maximum Gasteiger partial charge on any atom is 0.213 e. The minimum absolute atomic E-state index is 0.547. The average Bonchev–Trinajstić information content (AvgIpc) is 3.05. The number of aryl methyl sites for hydroxylation is 4. The van der Waals surface area contributed by atoms with Gasteiger partial charge in [0.05, 0.1) is 17.6 Å². The summed E-state index contributed by atoms with van der Waals surface area (Å²) < 4.78 is 5.63. The van der Waals surface area contributed by atoms with Crippen molar-refractivity contribution in [2.45, 2.75) is 46.1 Å². The highest BCUT2D eigenvalue weighted by atomic mass is 32.1. The zero-order valence-corrected chi connectivity index (χ0v) is 13.6. The average molecular weight is 314 g/mol. The predicted molar refractivity (Wildman–Crippen MR) is 87.4 cm³/mol. The molecule has 0 saturated carbocycles. The number of aromatic nitrogens is 3. The molecule has 0 aromatic carbocycles. The van der Waals surface area contributed by atoms with Gasteiger partial charge < -0.3 is 9.73 Å². The third-order valence-corrected chi connectivity index (χ3v) is 5.43. The minimum atomic E-state index is 0.547. The van der Waals surface area contributed by atoms with Gasteiger partial charge in [-0.25, -0.2) is 15.0 Å². The van der Waals surface area contributed by atoms with Crippen LogP contribution in [0.2, 0.25) is 0 Å². The monoisotopic (exact) mass is 314 g/mol. The lowest BCUT2D eigenvalue weighted by molar-refractivity contribution is 0.478. The number of oxazole rings is 1. The second kappa shape index (κ2) is 5.35. The van der Waals surface area contributed by atoms with Gasteiger partial charge in [-0.05, 0) is 45.1 Å². The van der Waals surface area contributed by atoms with Crippen LogP contribution in [0, 0.1) is 13.8 Å². The molecule has 1 aliphatic rings. The van der Waals surface area contributed by atoms with E-state index >= 15 is 0 Å². The van der Waals surface area contributed by atoms with Crippen molar-refractivity contribution in [2.24, 2.45) is 0 Å². The van der Waals surface area contributed by atoms with Crippen LogP contribution in [0.4, 0.5) is 5.82 Å². The topological polar surface area (TPSA) is 63.8 Å². The maximum atomic E-state index is 5.63. The molecule has 3 aromatic heterocycles. The van der Waals surface area contributed by atoms with E-state index in [9.17, 15) is 0 Å². The summed E-state index contributed by atoms with van der Waals surface area (Å²) in [6, 6.07) is 0. The lowest BCUT2D eigenvalue weighted by atomic mass is 9.97. The van der Waals surface area contributed by atoms with Gasteiger partial charge in [0, 0.05) is 4.88 Å². The Balaban J connectivity index is 1.67.